The summed E-state index contributed by atoms with van der Waals surface area (Å²) in [7, 11) is 1.46. The molecule has 0 aliphatic heterocycles. The Bertz CT molecular complexity index is 448. The first-order chi connectivity index (χ1) is 9.51. The van der Waals surface area contributed by atoms with Crippen molar-refractivity contribution in [2.24, 2.45) is 11.7 Å². The van der Waals surface area contributed by atoms with Crippen molar-refractivity contribution in [3.8, 4) is 0 Å². The van der Waals surface area contributed by atoms with Gasteiger partial charge in [0.15, 0.2) is 6.10 Å². The smallest absolute Gasteiger partial charge is 0.254 e. The minimum absolute atomic E-state index is 0.0234. The van der Waals surface area contributed by atoms with Gasteiger partial charge in [-0.1, -0.05) is 50.6 Å². The maximum Gasteiger partial charge on any atom is 0.254 e. The summed E-state index contributed by atoms with van der Waals surface area (Å²) in [4.78, 5) is 23.7. The number of hydrogen-bond acceptors (Lipinski definition) is 3. The number of benzene rings is 1. The summed E-state index contributed by atoms with van der Waals surface area (Å²) in [6.45, 7) is 3.82. The van der Waals surface area contributed by atoms with Crippen molar-refractivity contribution in [2.45, 2.75) is 32.4 Å². The van der Waals surface area contributed by atoms with Crippen molar-refractivity contribution in [3.63, 3.8) is 0 Å². The average molecular weight is 278 g/mol. The van der Waals surface area contributed by atoms with E-state index in [4.69, 9.17) is 10.5 Å². The number of hydrogen-bond donors (Lipinski definition) is 2. The first-order valence-electron chi connectivity index (χ1n) is 6.68. The zero-order valence-electron chi connectivity index (χ0n) is 12.1. The number of nitrogens with two attached hydrogens (primary N) is 1. The normalized spacial score (nSPS) is 15.2. The number of carbonyl (C=O) groups is 2. The van der Waals surface area contributed by atoms with Gasteiger partial charge in [-0.15, -0.1) is 0 Å². The lowest BCUT2D eigenvalue weighted by Gasteiger charge is -2.24. The molecule has 0 spiro atoms. The van der Waals surface area contributed by atoms with Crippen molar-refractivity contribution in [3.05, 3.63) is 35.9 Å². The standard InChI is InChI=1S/C15H22N2O3/c1-4-10(2)12(14(16)18)17-15(19)13(20-3)11-8-6-5-7-9-11/h5-10,12-13H,4H2,1-3H3,(H2,16,18)(H,17,19)/t10-,12-,13+/m1/s1. The Morgan fingerprint density at radius 1 is 1.30 bits per heavy atom. The summed E-state index contributed by atoms with van der Waals surface area (Å²) >= 11 is 0. The topological polar surface area (TPSA) is 81.4 Å². The van der Waals surface area contributed by atoms with Crippen molar-refractivity contribution >= 4 is 11.8 Å². The van der Waals surface area contributed by atoms with Crippen LogP contribution in [-0.2, 0) is 14.3 Å². The van der Waals surface area contributed by atoms with E-state index in [9.17, 15) is 9.59 Å². The van der Waals surface area contributed by atoms with Crippen LogP contribution in [0.1, 0.15) is 31.9 Å². The van der Waals surface area contributed by atoms with E-state index in [2.05, 4.69) is 5.32 Å². The lowest BCUT2D eigenvalue weighted by atomic mass is 9.98. The molecule has 0 aromatic heterocycles. The summed E-state index contributed by atoms with van der Waals surface area (Å²) in [6, 6.07) is 8.43. The third-order valence-electron chi connectivity index (χ3n) is 3.39. The van der Waals surface area contributed by atoms with Gasteiger partial charge in [0.25, 0.3) is 5.91 Å². The molecule has 0 fully saturated rings. The third-order valence-corrected chi connectivity index (χ3v) is 3.39. The summed E-state index contributed by atoms with van der Waals surface area (Å²) in [5, 5.41) is 2.68. The molecule has 3 atom stereocenters. The van der Waals surface area contributed by atoms with Crippen LogP contribution in [0.15, 0.2) is 30.3 Å². The van der Waals surface area contributed by atoms with Gasteiger partial charge in [-0.25, -0.2) is 0 Å². The number of amides is 2. The molecule has 1 aromatic rings. The second kappa shape index (κ2) is 7.65. The Labute approximate surface area is 119 Å². The van der Waals surface area contributed by atoms with E-state index in [0.717, 1.165) is 12.0 Å². The number of methoxy groups -OCH3 is 1. The highest BCUT2D eigenvalue weighted by atomic mass is 16.5. The number of ether oxygens (including phenoxy) is 1. The van der Waals surface area contributed by atoms with E-state index in [-0.39, 0.29) is 11.8 Å². The fraction of sp³-hybridized carbons (Fsp3) is 0.467. The van der Waals surface area contributed by atoms with Crippen LogP contribution in [0.5, 0.6) is 0 Å². The van der Waals surface area contributed by atoms with E-state index >= 15 is 0 Å². The van der Waals surface area contributed by atoms with Gasteiger partial charge in [-0.3, -0.25) is 9.59 Å². The van der Waals surface area contributed by atoms with Gasteiger partial charge >= 0.3 is 0 Å². The molecule has 110 valence electrons. The maximum atomic E-state index is 12.3. The molecule has 2 amide bonds. The molecule has 0 bridgehead atoms. The van der Waals surface area contributed by atoms with Crippen LogP contribution in [0.2, 0.25) is 0 Å². The third kappa shape index (κ3) is 4.06. The Kier molecular flexibility index (Phi) is 6.18. The quantitative estimate of drug-likeness (QED) is 0.790. The molecule has 0 saturated carbocycles. The molecule has 0 aliphatic rings. The predicted molar refractivity (Wildman–Crippen MR) is 76.8 cm³/mol. The predicted octanol–water partition coefficient (Wildman–Crippen LogP) is 1.39. The fourth-order valence-electron chi connectivity index (χ4n) is 1.98. The number of carbonyl (C=O) groups excluding carboxylic acids is 2. The summed E-state index contributed by atoms with van der Waals surface area (Å²) in [6.07, 6.45) is -0.00115. The Balaban J connectivity index is 2.84. The van der Waals surface area contributed by atoms with Gasteiger partial charge in [0.2, 0.25) is 5.91 Å². The zero-order chi connectivity index (χ0) is 15.1. The lowest BCUT2D eigenvalue weighted by molar-refractivity contribution is -0.135. The van der Waals surface area contributed by atoms with Crippen LogP contribution in [0.3, 0.4) is 0 Å². The second-order valence-electron chi connectivity index (χ2n) is 4.80. The molecule has 0 heterocycles. The second-order valence-corrected chi connectivity index (χ2v) is 4.80. The van der Waals surface area contributed by atoms with Crippen LogP contribution in [-0.4, -0.2) is 25.0 Å². The lowest BCUT2D eigenvalue weighted by Crippen LogP contribution is -2.49. The molecular formula is C15H22N2O3. The summed E-state index contributed by atoms with van der Waals surface area (Å²) in [5.41, 5.74) is 6.08. The SMILES string of the molecule is CC[C@@H](C)[C@@H](NC(=O)[C@@H](OC)c1ccccc1)C(N)=O. The Hall–Kier alpha value is -1.88. The van der Waals surface area contributed by atoms with Gasteiger partial charge in [0, 0.05) is 7.11 Å². The van der Waals surface area contributed by atoms with Crippen LogP contribution >= 0.6 is 0 Å². The highest BCUT2D eigenvalue weighted by Gasteiger charge is 2.28. The minimum atomic E-state index is -0.748. The van der Waals surface area contributed by atoms with E-state index in [1.807, 2.05) is 32.0 Å². The Morgan fingerprint density at radius 3 is 2.35 bits per heavy atom. The molecule has 0 aliphatic carbocycles. The van der Waals surface area contributed by atoms with Gasteiger partial charge in [0.05, 0.1) is 0 Å². The van der Waals surface area contributed by atoms with Crippen LogP contribution in [0, 0.1) is 5.92 Å². The minimum Gasteiger partial charge on any atom is -0.368 e. The van der Waals surface area contributed by atoms with Crippen molar-refractivity contribution < 1.29 is 14.3 Å². The monoisotopic (exact) mass is 278 g/mol. The molecule has 1 aromatic carbocycles. The Morgan fingerprint density at radius 2 is 1.90 bits per heavy atom. The number of rotatable bonds is 7. The molecule has 3 N–H and O–H groups in total. The number of primary amides is 1. The molecule has 0 radical (unpaired) electrons. The zero-order valence-corrected chi connectivity index (χ0v) is 12.1. The molecule has 5 nitrogen and oxygen atoms in total. The van der Waals surface area contributed by atoms with E-state index in [1.54, 1.807) is 12.1 Å². The molecule has 20 heavy (non-hydrogen) atoms. The molecule has 5 heteroatoms. The highest BCUT2D eigenvalue weighted by Crippen LogP contribution is 2.17. The fourth-order valence-corrected chi connectivity index (χ4v) is 1.98. The van der Waals surface area contributed by atoms with E-state index in [1.165, 1.54) is 7.11 Å². The molecular weight excluding hydrogens is 256 g/mol. The van der Waals surface area contributed by atoms with Gasteiger partial charge in [0.1, 0.15) is 6.04 Å². The summed E-state index contributed by atoms with van der Waals surface area (Å²) < 4.78 is 5.23. The van der Waals surface area contributed by atoms with Gasteiger partial charge < -0.3 is 15.8 Å². The van der Waals surface area contributed by atoms with Gasteiger partial charge in [-0.2, -0.15) is 0 Å². The number of nitrogens with one attached hydrogen (secondary N) is 1. The highest BCUT2D eigenvalue weighted by molar-refractivity contribution is 5.89. The summed E-state index contributed by atoms with van der Waals surface area (Å²) in [5.74, 6) is -0.914. The largest absolute Gasteiger partial charge is 0.368 e. The molecule has 0 unspecified atom stereocenters. The van der Waals surface area contributed by atoms with E-state index in [0.29, 0.717) is 0 Å². The van der Waals surface area contributed by atoms with Crippen LogP contribution < -0.4 is 11.1 Å². The maximum absolute atomic E-state index is 12.3. The van der Waals surface area contributed by atoms with Crippen LogP contribution in [0.4, 0.5) is 0 Å². The average Bonchev–Trinajstić information content (AvgIpc) is 2.45. The molecule has 0 saturated heterocycles. The van der Waals surface area contributed by atoms with E-state index < -0.39 is 18.1 Å². The van der Waals surface area contributed by atoms with Gasteiger partial charge in [-0.05, 0) is 11.5 Å². The first kappa shape index (κ1) is 16.2. The van der Waals surface area contributed by atoms with Crippen molar-refractivity contribution in [1.29, 1.82) is 0 Å². The first-order valence-corrected chi connectivity index (χ1v) is 6.68. The van der Waals surface area contributed by atoms with Crippen LogP contribution in [0.25, 0.3) is 0 Å². The van der Waals surface area contributed by atoms with Crippen molar-refractivity contribution in [2.75, 3.05) is 7.11 Å². The van der Waals surface area contributed by atoms with Crippen molar-refractivity contribution in [1.82, 2.24) is 5.32 Å². The molecule has 1 rings (SSSR count).